The zero-order valence-corrected chi connectivity index (χ0v) is 12.9. The summed E-state index contributed by atoms with van der Waals surface area (Å²) in [6.07, 6.45) is 1.61. The summed E-state index contributed by atoms with van der Waals surface area (Å²) in [6.45, 7) is 7.40. The first-order chi connectivity index (χ1) is 10.0. The molecule has 0 unspecified atom stereocenters. The van der Waals surface area contributed by atoms with Gasteiger partial charge in [0.1, 0.15) is 11.9 Å². The molecule has 1 aliphatic heterocycles. The Morgan fingerprint density at radius 3 is 2.67 bits per heavy atom. The van der Waals surface area contributed by atoms with Crippen LogP contribution < -0.4 is 10.2 Å². The number of piperidine rings is 1. The number of anilines is 1. The van der Waals surface area contributed by atoms with Crippen molar-refractivity contribution in [2.75, 3.05) is 18.0 Å². The van der Waals surface area contributed by atoms with Crippen LogP contribution in [0.5, 0.6) is 0 Å². The molecule has 0 saturated carbocycles. The second kappa shape index (κ2) is 6.57. The first-order valence-electron chi connectivity index (χ1n) is 7.44. The van der Waals surface area contributed by atoms with Gasteiger partial charge in [-0.2, -0.15) is 5.26 Å². The van der Waals surface area contributed by atoms with E-state index in [9.17, 15) is 10.1 Å². The normalized spacial score (nSPS) is 15.9. The molecule has 0 aliphatic carbocycles. The molecule has 1 amide bonds. The number of aromatic nitrogens is 1. The van der Waals surface area contributed by atoms with Crippen LogP contribution in [0.2, 0.25) is 0 Å². The maximum absolute atomic E-state index is 12.0. The van der Waals surface area contributed by atoms with Gasteiger partial charge in [-0.15, -0.1) is 0 Å². The number of hydrogen-bond acceptors (Lipinski definition) is 4. The Kier molecular flexibility index (Phi) is 4.79. The standard InChI is InChI=1S/C16H22N4O/c1-11(2)18-16(21)13-6-8-20(9-7-13)15-14(10-17)5-4-12(3)19-15/h4-5,11,13H,6-9H2,1-3H3,(H,18,21). The lowest BCUT2D eigenvalue weighted by Gasteiger charge is -2.33. The summed E-state index contributed by atoms with van der Waals surface area (Å²) < 4.78 is 0. The summed E-state index contributed by atoms with van der Waals surface area (Å²) >= 11 is 0. The van der Waals surface area contributed by atoms with Crippen molar-refractivity contribution in [2.24, 2.45) is 5.92 Å². The summed E-state index contributed by atoms with van der Waals surface area (Å²) in [5.74, 6) is 0.960. The highest BCUT2D eigenvalue weighted by atomic mass is 16.1. The number of carbonyl (C=O) groups excluding carboxylic acids is 1. The van der Waals surface area contributed by atoms with Crippen LogP contribution in [-0.4, -0.2) is 30.0 Å². The molecule has 1 fully saturated rings. The Morgan fingerprint density at radius 1 is 1.43 bits per heavy atom. The lowest BCUT2D eigenvalue weighted by molar-refractivity contribution is -0.126. The number of rotatable bonds is 3. The Hall–Kier alpha value is -2.09. The Balaban J connectivity index is 2.03. The summed E-state index contributed by atoms with van der Waals surface area (Å²) in [5, 5.41) is 12.2. The third-order valence-electron chi connectivity index (χ3n) is 3.73. The molecule has 0 bridgehead atoms. The average Bonchev–Trinajstić information content (AvgIpc) is 2.46. The van der Waals surface area contributed by atoms with Gasteiger partial charge in [-0.05, 0) is 45.7 Å². The van der Waals surface area contributed by atoms with Crippen LogP contribution in [0.25, 0.3) is 0 Å². The van der Waals surface area contributed by atoms with Gasteiger partial charge >= 0.3 is 0 Å². The van der Waals surface area contributed by atoms with E-state index in [2.05, 4.69) is 21.3 Å². The molecule has 1 N–H and O–H groups in total. The maximum atomic E-state index is 12.0. The number of nitrogens with one attached hydrogen (secondary N) is 1. The molecule has 0 aromatic carbocycles. The minimum atomic E-state index is 0.0685. The second-order valence-corrected chi connectivity index (χ2v) is 5.86. The van der Waals surface area contributed by atoms with Gasteiger partial charge < -0.3 is 10.2 Å². The predicted molar refractivity (Wildman–Crippen MR) is 81.9 cm³/mol. The molecule has 2 rings (SSSR count). The van der Waals surface area contributed by atoms with Crippen molar-refractivity contribution in [1.29, 1.82) is 5.26 Å². The quantitative estimate of drug-likeness (QED) is 0.922. The number of hydrogen-bond donors (Lipinski definition) is 1. The summed E-state index contributed by atoms with van der Waals surface area (Å²) in [4.78, 5) is 18.6. The van der Waals surface area contributed by atoms with Gasteiger partial charge in [0.15, 0.2) is 0 Å². The molecule has 5 heteroatoms. The van der Waals surface area contributed by atoms with Crippen LogP contribution in [0.1, 0.15) is 37.9 Å². The third kappa shape index (κ3) is 3.72. The van der Waals surface area contributed by atoms with E-state index in [1.807, 2.05) is 32.9 Å². The predicted octanol–water partition coefficient (Wildman–Crippen LogP) is 2.00. The van der Waals surface area contributed by atoms with Crippen LogP contribution in [0, 0.1) is 24.2 Å². The lowest BCUT2D eigenvalue weighted by Crippen LogP contribution is -2.42. The van der Waals surface area contributed by atoms with E-state index in [4.69, 9.17) is 0 Å². The van der Waals surface area contributed by atoms with Gasteiger partial charge in [0.05, 0.1) is 5.56 Å². The molecule has 112 valence electrons. The first-order valence-corrected chi connectivity index (χ1v) is 7.44. The van der Waals surface area contributed by atoms with Crippen molar-refractivity contribution >= 4 is 11.7 Å². The highest BCUT2D eigenvalue weighted by Gasteiger charge is 2.26. The van der Waals surface area contributed by atoms with Gasteiger partial charge in [-0.3, -0.25) is 4.79 Å². The average molecular weight is 286 g/mol. The zero-order valence-electron chi connectivity index (χ0n) is 12.9. The Morgan fingerprint density at radius 2 is 2.10 bits per heavy atom. The zero-order chi connectivity index (χ0) is 15.4. The van der Waals surface area contributed by atoms with Crippen molar-refractivity contribution in [1.82, 2.24) is 10.3 Å². The van der Waals surface area contributed by atoms with Crippen molar-refractivity contribution in [3.8, 4) is 6.07 Å². The van der Waals surface area contributed by atoms with Crippen molar-refractivity contribution in [3.63, 3.8) is 0 Å². The first kappa shape index (κ1) is 15.3. The number of aryl methyl sites for hydroxylation is 1. The topological polar surface area (TPSA) is 69.0 Å². The third-order valence-corrected chi connectivity index (χ3v) is 3.73. The fourth-order valence-corrected chi connectivity index (χ4v) is 2.63. The van der Waals surface area contributed by atoms with Crippen LogP contribution in [0.4, 0.5) is 5.82 Å². The van der Waals surface area contributed by atoms with Gasteiger partial charge in [-0.25, -0.2) is 4.98 Å². The van der Waals surface area contributed by atoms with Gasteiger partial charge in [0.2, 0.25) is 5.91 Å². The van der Waals surface area contributed by atoms with E-state index >= 15 is 0 Å². The molecule has 1 saturated heterocycles. The number of carbonyl (C=O) groups is 1. The van der Waals surface area contributed by atoms with Gasteiger partial charge in [-0.1, -0.05) is 0 Å². The largest absolute Gasteiger partial charge is 0.355 e. The Labute approximate surface area is 126 Å². The fourth-order valence-electron chi connectivity index (χ4n) is 2.63. The molecule has 0 spiro atoms. The summed E-state index contributed by atoms with van der Waals surface area (Å²) in [5.41, 5.74) is 1.51. The smallest absolute Gasteiger partial charge is 0.223 e. The molecule has 0 atom stereocenters. The molecule has 1 aliphatic rings. The lowest BCUT2D eigenvalue weighted by atomic mass is 9.95. The highest BCUT2D eigenvalue weighted by Crippen LogP contribution is 2.25. The monoisotopic (exact) mass is 286 g/mol. The molecule has 21 heavy (non-hydrogen) atoms. The van der Waals surface area contributed by atoms with Gasteiger partial charge in [0.25, 0.3) is 0 Å². The van der Waals surface area contributed by atoms with Crippen molar-refractivity contribution < 1.29 is 4.79 Å². The van der Waals surface area contributed by atoms with Gasteiger partial charge in [0, 0.05) is 30.7 Å². The van der Waals surface area contributed by atoms with E-state index < -0.39 is 0 Å². The molecule has 5 nitrogen and oxygen atoms in total. The Bertz CT molecular complexity index is 554. The van der Waals surface area contributed by atoms with Crippen LogP contribution >= 0.6 is 0 Å². The number of nitriles is 1. The number of nitrogens with zero attached hydrogens (tertiary/aromatic N) is 3. The number of amides is 1. The van der Waals surface area contributed by atoms with Crippen LogP contribution in [0.15, 0.2) is 12.1 Å². The van der Waals surface area contributed by atoms with Crippen molar-refractivity contribution in [3.05, 3.63) is 23.4 Å². The van der Waals surface area contributed by atoms with E-state index in [1.165, 1.54) is 0 Å². The molecule has 0 radical (unpaired) electrons. The van der Waals surface area contributed by atoms with Crippen molar-refractivity contribution in [2.45, 2.75) is 39.7 Å². The second-order valence-electron chi connectivity index (χ2n) is 5.86. The van der Waals surface area contributed by atoms with E-state index in [1.54, 1.807) is 0 Å². The molecule has 1 aromatic rings. The van der Waals surface area contributed by atoms with Crippen LogP contribution in [0.3, 0.4) is 0 Å². The molecular weight excluding hydrogens is 264 g/mol. The molecular formula is C16H22N4O. The van der Waals surface area contributed by atoms with Crippen LogP contribution in [-0.2, 0) is 4.79 Å². The van der Waals surface area contributed by atoms with E-state index in [0.29, 0.717) is 5.56 Å². The fraction of sp³-hybridized carbons (Fsp3) is 0.562. The molecule has 2 heterocycles. The maximum Gasteiger partial charge on any atom is 0.223 e. The van der Waals surface area contributed by atoms with E-state index in [0.717, 1.165) is 37.4 Å². The van der Waals surface area contributed by atoms with E-state index in [-0.39, 0.29) is 17.9 Å². The summed E-state index contributed by atoms with van der Waals surface area (Å²) in [7, 11) is 0. The minimum Gasteiger partial charge on any atom is -0.355 e. The number of pyridine rings is 1. The highest BCUT2D eigenvalue weighted by molar-refractivity contribution is 5.79. The molecule has 1 aromatic heterocycles. The summed E-state index contributed by atoms with van der Waals surface area (Å²) in [6, 6.07) is 6.04. The SMILES string of the molecule is Cc1ccc(C#N)c(N2CCC(C(=O)NC(C)C)CC2)n1. The minimum absolute atomic E-state index is 0.0685.